The number of rotatable bonds is 18. The summed E-state index contributed by atoms with van der Waals surface area (Å²) < 4.78 is 56.3. The average Bonchev–Trinajstić information content (AvgIpc) is 3.21. The first-order valence-electron chi connectivity index (χ1n) is 20.6. The van der Waals surface area contributed by atoms with Gasteiger partial charge in [-0.2, -0.15) is 0 Å². The molecule has 5 rings (SSSR count). The average molecular weight is 864 g/mol. The molecule has 0 saturated heterocycles. The quantitative estimate of drug-likeness (QED) is 0.0802. The molecule has 0 heterocycles. The first-order chi connectivity index (χ1) is 28.8. The van der Waals surface area contributed by atoms with Crippen LogP contribution in [0.2, 0.25) is 0 Å². The van der Waals surface area contributed by atoms with Gasteiger partial charge < -0.3 is 23.5 Å². The molecule has 0 radical (unpaired) electrons. The molecule has 3 unspecified atom stereocenters. The zero-order chi connectivity index (χ0) is 45.0. The second-order valence-electron chi connectivity index (χ2n) is 17.1. The molecule has 10 heteroatoms. The van der Waals surface area contributed by atoms with Gasteiger partial charge in [0.15, 0.2) is 5.30 Å². The topological polar surface area (TPSA) is 105 Å². The van der Waals surface area contributed by atoms with E-state index < -0.39 is 42.5 Å². The number of carbonyl (C=O) groups excluding carboxylic acids is 2. The second kappa shape index (κ2) is 18.9. The fourth-order valence-corrected chi connectivity index (χ4v) is 14.9. The van der Waals surface area contributed by atoms with Crippen molar-refractivity contribution in [2.24, 2.45) is 11.3 Å². The van der Waals surface area contributed by atoms with Crippen LogP contribution in [0.5, 0.6) is 23.0 Å². The molecule has 5 aromatic carbocycles. The van der Waals surface area contributed by atoms with Crippen LogP contribution in [-0.2, 0) is 20.7 Å². The van der Waals surface area contributed by atoms with Crippen LogP contribution in [-0.4, -0.2) is 45.6 Å². The summed E-state index contributed by atoms with van der Waals surface area (Å²) in [7, 11) is -0.451. The molecule has 8 nitrogen and oxygen atoms in total. The van der Waals surface area contributed by atoms with Crippen LogP contribution in [0, 0.1) is 52.9 Å². The molecule has 0 amide bonds. The Bertz CT molecular complexity index is 2340. The maximum Gasteiger partial charge on any atom is 0.389 e. The molecule has 0 aromatic heterocycles. The minimum atomic E-state index is -4.39. The van der Waals surface area contributed by atoms with Crippen molar-refractivity contribution in [2.45, 2.75) is 80.3 Å². The molecule has 0 aliphatic heterocycles. The van der Waals surface area contributed by atoms with Crippen LogP contribution in [0.3, 0.4) is 0 Å². The van der Waals surface area contributed by atoms with E-state index in [0.717, 1.165) is 11.1 Å². The lowest BCUT2D eigenvalue weighted by Gasteiger charge is -2.42. The van der Waals surface area contributed by atoms with E-state index in [-0.39, 0.29) is 19.0 Å². The molecule has 0 spiro atoms. The standard InChI is InChI=1S/C51H61O8P2/c1-32-25-35(4)45(36(5)26-32)48(52)61(55,49(53)46-37(6)27-33(2)28-38(46)7)31-34(3)29-50(8,9)51(60(54)39-19-15-14-16-20-39,47-43(58-12)23-18-24-44(47)59-13)30-40-41(56-10)21-17-22-42(40)57-11/h14-28,34H,29-31H2,1-13H3/q+1. The van der Waals surface area contributed by atoms with Crippen molar-refractivity contribution >= 4 is 31.3 Å². The Morgan fingerprint density at radius 1 is 0.623 bits per heavy atom. The SMILES string of the molecule is COc1cccc(OC)c1CC(c1c(OC)cccc1OC)([P+](=O)c1ccccc1)C(C)(C)CC(C)CP(=O)(C(=O)c1c(C)cc(C)cc1C)C(=O)c1c(C)cc(C)cc1C. The molecule has 322 valence electrons. The fraction of sp³-hybridized carbons (Fsp3) is 0.373. The monoisotopic (exact) mass is 863 g/mol. The van der Waals surface area contributed by atoms with Gasteiger partial charge in [-0.05, 0) is 113 Å². The Morgan fingerprint density at radius 2 is 1.02 bits per heavy atom. The number of aryl methyl sites for hydroxylation is 6. The molecule has 0 aliphatic carbocycles. The van der Waals surface area contributed by atoms with E-state index in [9.17, 15) is 0 Å². The molecule has 0 aliphatic rings. The maximum atomic E-state index is 16.1. The van der Waals surface area contributed by atoms with E-state index in [4.69, 9.17) is 18.9 Å². The van der Waals surface area contributed by atoms with E-state index in [1.165, 1.54) is 0 Å². The van der Waals surface area contributed by atoms with Crippen molar-refractivity contribution < 1.29 is 37.7 Å². The van der Waals surface area contributed by atoms with Gasteiger partial charge in [-0.3, -0.25) is 9.59 Å². The summed E-state index contributed by atoms with van der Waals surface area (Å²) >= 11 is 0. The van der Waals surface area contributed by atoms with Crippen molar-refractivity contribution in [3.05, 3.63) is 147 Å². The lowest BCUT2D eigenvalue weighted by molar-refractivity contribution is 0.103. The Kier molecular flexibility index (Phi) is 14.6. The summed E-state index contributed by atoms with van der Waals surface area (Å²) in [6, 6.07) is 28.0. The lowest BCUT2D eigenvalue weighted by Crippen LogP contribution is -2.44. The maximum absolute atomic E-state index is 16.1. The zero-order valence-corrected chi connectivity index (χ0v) is 39.8. The third kappa shape index (κ3) is 8.99. The molecular formula is C51H61O8P2+. The minimum absolute atomic E-state index is 0.139. The Balaban J connectivity index is 1.80. The van der Waals surface area contributed by atoms with E-state index in [0.29, 0.717) is 72.8 Å². The van der Waals surface area contributed by atoms with Gasteiger partial charge >= 0.3 is 7.80 Å². The predicted octanol–water partition coefficient (Wildman–Crippen LogP) is 12.3. The lowest BCUT2D eigenvalue weighted by atomic mass is 9.66. The third-order valence-electron chi connectivity index (χ3n) is 12.1. The highest BCUT2D eigenvalue weighted by Crippen LogP contribution is 2.66. The summed E-state index contributed by atoms with van der Waals surface area (Å²) in [5, 5.41) is -0.740. The highest BCUT2D eigenvalue weighted by atomic mass is 31.2. The summed E-state index contributed by atoms with van der Waals surface area (Å²) in [4.78, 5) is 30.2. The largest absolute Gasteiger partial charge is 0.496 e. The van der Waals surface area contributed by atoms with Gasteiger partial charge in [-0.25, -0.2) is 0 Å². The smallest absolute Gasteiger partial charge is 0.389 e. The van der Waals surface area contributed by atoms with Gasteiger partial charge in [0.05, 0.1) is 34.0 Å². The van der Waals surface area contributed by atoms with Crippen LogP contribution in [0.25, 0.3) is 0 Å². The van der Waals surface area contributed by atoms with Crippen molar-refractivity contribution in [3.8, 4) is 23.0 Å². The van der Waals surface area contributed by atoms with E-state index in [1.807, 2.05) is 153 Å². The minimum Gasteiger partial charge on any atom is -0.496 e. The van der Waals surface area contributed by atoms with Crippen molar-refractivity contribution in [1.82, 2.24) is 0 Å². The number of ether oxygens (including phenoxy) is 4. The molecule has 0 fully saturated rings. The summed E-state index contributed by atoms with van der Waals surface area (Å²) in [5.41, 5.74) is 4.29. The van der Waals surface area contributed by atoms with Crippen LogP contribution in [0.15, 0.2) is 91.0 Å². The summed E-state index contributed by atoms with van der Waals surface area (Å²) in [5.74, 6) is 1.53. The van der Waals surface area contributed by atoms with Gasteiger partial charge in [0.2, 0.25) is 23.3 Å². The van der Waals surface area contributed by atoms with Crippen molar-refractivity contribution in [3.63, 3.8) is 0 Å². The van der Waals surface area contributed by atoms with Crippen LogP contribution in [0.4, 0.5) is 0 Å². The molecule has 5 aromatic rings. The highest BCUT2D eigenvalue weighted by molar-refractivity contribution is 7.95. The number of hydrogen-bond donors (Lipinski definition) is 0. The normalized spacial score (nSPS) is 13.5. The fourth-order valence-electron chi connectivity index (χ4n) is 9.71. The van der Waals surface area contributed by atoms with Crippen molar-refractivity contribution in [2.75, 3.05) is 34.6 Å². The van der Waals surface area contributed by atoms with Gasteiger partial charge in [0.25, 0.3) is 0 Å². The zero-order valence-electron chi connectivity index (χ0n) is 38.0. The van der Waals surface area contributed by atoms with E-state index in [2.05, 4.69) is 0 Å². The van der Waals surface area contributed by atoms with Crippen LogP contribution in [0.1, 0.15) is 92.4 Å². The Morgan fingerprint density at radius 3 is 1.41 bits per heavy atom. The molecule has 0 bridgehead atoms. The first kappa shape index (κ1) is 47.0. The Labute approximate surface area is 363 Å². The van der Waals surface area contributed by atoms with E-state index in [1.54, 1.807) is 28.4 Å². The first-order valence-corrected chi connectivity index (χ1v) is 23.7. The van der Waals surface area contributed by atoms with E-state index >= 15 is 18.7 Å². The number of benzene rings is 5. The summed E-state index contributed by atoms with van der Waals surface area (Å²) in [6.07, 6.45) is 0.217. The number of carbonyl (C=O) groups is 2. The highest BCUT2D eigenvalue weighted by Gasteiger charge is 2.65. The molecule has 0 N–H and O–H groups in total. The Hall–Kier alpha value is -5.03. The number of hydrogen-bond acceptors (Lipinski definition) is 8. The molecule has 0 saturated carbocycles. The van der Waals surface area contributed by atoms with Gasteiger partial charge in [-0.15, -0.1) is 0 Å². The van der Waals surface area contributed by atoms with Crippen LogP contribution >= 0.6 is 14.9 Å². The molecule has 3 atom stereocenters. The predicted molar refractivity (Wildman–Crippen MR) is 248 cm³/mol. The van der Waals surface area contributed by atoms with Crippen LogP contribution < -0.4 is 24.3 Å². The van der Waals surface area contributed by atoms with Gasteiger partial charge in [0, 0.05) is 34.7 Å². The van der Waals surface area contributed by atoms with Gasteiger partial charge in [0.1, 0.15) is 23.0 Å². The second-order valence-corrected chi connectivity index (χ2v) is 21.6. The van der Waals surface area contributed by atoms with Gasteiger partial charge in [-0.1, -0.05) is 91.1 Å². The van der Waals surface area contributed by atoms with Crippen molar-refractivity contribution in [1.29, 1.82) is 0 Å². The molecule has 61 heavy (non-hydrogen) atoms. The summed E-state index contributed by atoms with van der Waals surface area (Å²) in [6.45, 7) is 17.3. The molecular weight excluding hydrogens is 803 g/mol. The number of methoxy groups -OCH3 is 4. The third-order valence-corrected chi connectivity index (χ3v) is 17.5.